The van der Waals surface area contributed by atoms with Gasteiger partial charge in [0.05, 0.1) is 40.0 Å². The Kier molecular flexibility index (Phi) is 8.28. The molecular formula is C30H33N5O6S. The highest BCUT2D eigenvalue weighted by Crippen LogP contribution is 2.32. The molecule has 2 aliphatic rings. The van der Waals surface area contributed by atoms with Crippen molar-refractivity contribution >= 4 is 34.8 Å². The number of aromatic nitrogens is 1. The standard InChI is InChI=1S/C30H33N5O6S/c1-18(2)41-29(37)26-19(3)31-30-34(27(26)20-6-9-23(40-5)10-7-20)28(36)25(42-30)17-21-16-22(35(38)39)8-11-24(21)33-14-12-32(4)13-15-33/h6-11,16-18,27H,12-15H2,1-5H3/b25-17+. The van der Waals surface area contributed by atoms with Gasteiger partial charge in [0.2, 0.25) is 0 Å². The molecule has 12 heteroatoms. The van der Waals surface area contributed by atoms with Crippen molar-refractivity contribution in [3.8, 4) is 5.75 Å². The molecule has 0 saturated carbocycles. The number of rotatable bonds is 7. The maximum Gasteiger partial charge on any atom is 0.338 e. The number of nitrogens with zero attached hydrogens (tertiary/aromatic N) is 5. The molecule has 1 saturated heterocycles. The zero-order chi connectivity index (χ0) is 30.1. The maximum atomic E-state index is 14.1. The summed E-state index contributed by atoms with van der Waals surface area (Å²) in [7, 11) is 3.62. The van der Waals surface area contributed by atoms with E-state index < -0.39 is 16.9 Å². The van der Waals surface area contributed by atoms with Crippen molar-refractivity contribution in [2.75, 3.05) is 45.2 Å². The number of hydrogen-bond acceptors (Lipinski definition) is 10. The second kappa shape index (κ2) is 11.9. The summed E-state index contributed by atoms with van der Waals surface area (Å²) in [5, 5.41) is 11.7. The van der Waals surface area contributed by atoms with Crippen LogP contribution in [0.5, 0.6) is 5.75 Å². The molecule has 0 N–H and O–H groups in total. The maximum absolute atomic E-state index is 14.1. The fourth-order valence-electron chi connectivity index (χ4n) is 5.21. The lowest BCUT2D eigenvalue weighted by Crippen LogP contribution is -2.44. The van der Waals surface area contributed by atoms with Crippen LogP contribution in [0.3, 0.4) is 0 Å². The fourth-order valence-corrected chi connectivity index (χ4v) is 6.25. The van der Waals surface area contributed by atoms with Crippen LogP contribution in [-0.4, -0.2) is 66.8 Å². The average molecular weight is 592 g/mol. The number of methoxy groups -OCH3 is 1. The smallest absolute Gasteiger partial charge is 0.338 e. The first-order valence-corrected chi connectivity index (χ1v) is 14.5. The number of esters is 1. The van der Waals surface area contributed by atoms with Crippen molar-refractivity contribution in [1.82, 2.24) is 9.47 Å². The Hall–Kier alpha value is -4.29. The van der Waals surface area contributed by atoms with Crippen molar-refractivity contribution in [2.45, 2.75) is 32.9 Å². The molecule has 220 valence electrons. The summed E-state index contributed by atoms with van der Waals surface area (Å²) < 4.78 is 12.7. The highest BCUT2D eigenvalue weighted by Gasteiger charge is 2.34. The predicted molar refractivity (Wildman–Crippen MR) is 161 cm³/mol. The lowest BCUT2D eigenvalue weighted by molar-refractivity contribution is -0.384. The fraction of sp³-hybridized carbons (Fsp3) is 0.367. The van der Waals surface area contributed by atoms with Gasteiger partial charge in [0.25, 0.3) is 11.2 Å². The van der Waals surface area contributed by atoms with E-state index in [1.165, 1.54) is 28.0 Å². The SMILES string of the molecule is COc1ccc(C2C(C(=O)OC(C)C)=C(C)N=c3s/c(=C/c4cc([N+](=O)[O-])ccc4N4CCN(C)CC4)c(=O)n32)cc1. The molecule has 1 atom stereocenters. The van der Waals surface area contributed by atoms with Crippen LogP contribution in [0.25, 0.3) is 6.08 Å². The molecule has 0 amide bonds. The van der Waals surface area contributed by atoms with Crippen LogP contribution in [0.4, 0.5) is 11.4 Å². The summed E-state index contributed by atoms with van der Waals surface area (Å²) in [5.74, 6) is 0.0951. The summed E-state index contributed by atoms with van der Waals surface area (Å²) in [6.07, 6.45) is 1.33. The molecule has 3 aromatic rings. The minimum absolute atomic E-state index is 0.0578. The lowest BCUT2D eigenvalue weighted by Gasteiger charge is -2.34. The summed E-state index contributed by atoms with van der Waals surface area (Å²) >= 11 is 1.18. The Morgan fingerprint density at radius 1 is 1.14 bits per heavy atom. The highest BCUT2D eigenvalue weighted by molar-refractivity contribution is 7.07. The van der Waals surface area contributed by atoms with E-state index in [9.17, 15) is 19.7 Å². The van der Waals surface area contributed by atoms with Gasteiger partial charge in [-0.2, -0.15) is 0 Å². The third kappa shape index (κ3) is 5.72. The first-order chi connectivity index (χ1) is 20.1. The van der Waals surface area contributed by atoms with E-state index >= 15 is 0 Å². The Bertz CT molecular complexity index is 1730. The second-order valence-electron chi connectivity index (χ2n) is 10.6. The number of carbonyl (C=O) groups is 1. The van der Waals surface area contributed by atoms with Crippen LogP contribution in [-0.2, 0) is 9.53 Å². The number of carbonyl (C=O) groups excluding carboxylic acids is 1. The van der Waals surface area contributed by atoms with Crippen LogP contribution in [0.2, 0.25) is 0 Å². The predicted octanol–water partition coefficient (Wildman–Crippen LogP) is 2.86. The second-order valence-corrected chi connectivity index (χ2v) is 11.6. The molecule has 5 rings (SSSR count). The van der Waals surface area contributed by atoms with Gasteiger partial charge in [-0.25, -0.2) is 9.79 Å². The Labute approximate surface area is 246 Å². The number of allylic oxidation sites excluding steroid dienone is 1. The Morgan fingerprint density at radius 3 is 2.45 bits per heavy atom. The van der Waals surface area contributed by atoms with Crippen molar-refractivity contribution in [1.29, 1.82) is 0 Å². The average Bonchev–Trinajstić information content (AvgIpc) is 3.26. The quantitative estimate of drug-likeness (QED) is 0.234. The Morgan fingerprint density at radius 2 is 1.83 bits per heavy atom. The first-order valence-electron chi connectivity index (χ1n) is 13.7. The highest BCUT2D eigenvalue weighted by atomic mass is 32.1. The topological polar surface area (TPSA) is 120 Å². The number of piperazine rings is 1. The third-order valence-electron chi connectivity index (χ3n) is 7.37. The van der Waals surface area contributed by atoms with E-state index in [0.717, 1.165) is 31.9 Å². The number of benzene rings is 2. The number of anilines is 1. The minimum Gasteiger partial charge on any atom is -0.497 e. The molecular weight excluding hydrogens is 558 g/mol. The number of non-ortho nitro benzene ring substituents is 1. The van der Waals surface area contributed by atoms with Gasteiger partial charge in [-0.15, -0.1) is 0 Å². The van der Waals surface area contributed by atoms with Crippen molar-refractivity contribution in [3.63, 3.8) is 0 Å². The van der Waals surface area contributed by atoms with Crippen molar-refractivity contribution in [2.24, 2.45) is 4.99 Å². The molecule has 1 unspecified atom stereocenters. The molecule has 11 nitrogen and oxygen atoms in total. The van der Waals surface area contributed by atoms with Crippen LogP contribution >= 0.6 is 11.3 Å². The van der Waals surface area contributed by atoms with E-state index in [-0.39, 0.29) is 22.9 Å². The number of ether oxygens (including phenoxy) is 2. The van der Waals surface area contributed by atoms with Gasteiger partial charge in [0.1, 0.15) is 5.75 Å². The van der Waals surface area contributed by atoms with Gasteiger partial charge >= 0.3 is 5.97 Å². The summed E-state index contributed by atoms with van der Waals surface area (Å²) in [6, 6.07) is 11.1. The number of nitro groups is 1. The monoisotopic (exact) mass is 591 g/mol. The van der Waals surface area contributed by atoms with E-state index in [1.54, 1.807) is 52.2 Å². The molecule has 0 radical (unpaired) electrons. The van der Waals surface area contributed by atoms with E-state index in [4.69, 9.17) is 9.47 Å². The number of fused-ring (bicyclic) bond motifs is 1. The molecule has 0 bridgehead atoms. The third-order valence-corrected chi connectivity index (χ3v) is 8.35. The van der Waals surface area contributed by atoms with Gasteiger partial charge < -0.3 is 19.3 Å². The van der Waals surface area contributed by atoms with Crippen LogP contribution in [0.1, 0.15) is 37.9 Å². The molecule has 0 spiro atoms. The molecule has 2 aromatic carbocycles. The van der Waals surface area contributed by atoms with E-state index in [1.807, 2.05) is 12.1 Å². The van der Waals surface area contributed by atoms with Gasteiger partial charge in [0, 0.05) is 49.6 Å². The molecule has 1 fully saturated rings. The molecule has 1 aromatic heterocycles. The summed E-state index contributed by atoms with van der Waals surface area (Å²) in [6.45, 7) is 8.49. The normalized spacial score (nSPS) is 17.7. The molecule has 42 heavy (non-hydrogen) atoms. The van der Waals surface area contributed by atoms with Gasteiger partial charge in [0.15, 0.2) is 4.80 Å². The largest absolute Gasteiger partial charge is 0.497 e. The Balaban J connectivity index is 1.69. The molecule has 0 aliphatic carbocycles. The van der Waals surface area contributed by atoms with E-state index in [0.29, 0.717) is 31.9 Å². The van der Waals surface area contributed by atoms with Crippen molar-refractivity contribution in [3.05, 3.63) is 94.7 Å². The molecule has 3 heterocycles. The number of likely N-dealkylation sites (N-methyl/N-ethyl adjacent to an activating group) is 1. The van der Waals surface area contributed by atoms with Crippen LogP contribution in [0, 0.1) is 10.1 Å². The zero-order valence-corrected chi connectivity index (χ0v) is 25.0. The number of thiazole rings is 1. The van der Waals surface area contributed by atoms with Gasteiger partial charge in [-0.05, 0) is 57.7 Å². The first kappa shape index (κ1) is 29.2. The molecule has 2 aliphatic heterocycles. The van der Waals surface area contributed by atoms with Crippen LogP contribution in [0.15, 0.2) is 63.5 Å². The van der Waals surface area contributed by atoms with Crippen LogP contribution < -0.4 is 24.5 Å². The van der Waals surface area contributed by atoms with Gasteiger partial charge in [-0.3, -0.25) is 19.5 Å². The number of hydrogen-bond donors (Lipinski definition) is 0. The van der Waals surface area contributed by atoms with Gasteiger partial charge in [-0.1, -0.05) is 23.5 Å². The summed E-state index contributed by atoms with van der Waals surface area (Å²) in [5.41, 5.74) is 2.43. The van der Waals surface area contributed by atoms with Crippen molar-refractivity contribution < 1.29 is 19.2 Å². The zero-order valence-electron chi connectivity index (χ0n) is 24.2. The number of nitro benzene ring substituents is 1. The van der Waals surface area contributed by atoms with E-state index in [2.05, 4.69) is 21.8 Å². The lowest BCUT2D eigenvalue weighted by atomic mass is 9.96. The minimum atomic E-state index is -0.775. The summed E-state index contributed by atoms with van der Waals surface area (Å²) in [4.78, 5) is 48.1.